The van der Waals surface area contributed by atoms with Crippen LogP contribution in [-0.2, 0) is 5.11 Å². The molecule has 0 aliphatic heterocycles. The minimum Gasteiger partial charge on any atom is -0.354 e. The maximum absolute atomic E-state index is 10.8. The Morgan fingerprint density at radius 3 is 2.82 bits per heavy atom. The van der Waals surface area contributed by atoms with Gasteiger partial charge in [0.2, 0.25) is 0 Å². The van der Waals surface area contributed by atoms with Crippen LogP contribution in [0.4, 0.5) is 0 Å². The van der Waals surface area contributed by atoms with E-state index < -0.39 is 11.8 Å². The number of hydrogen-bond acceptors (Lipinski definition) is 3. The zero-order valence-electron chi connectivity index (χ0n) is 5.87. The molecule has 0 bridgehead atoms. The van der Waals surface area contributed by atoms with Gasteiger partial charge in [-0.1, -0.05) is 0 Å². The minimum absolute atomic E-state index is 0.0417. The molecule has 5 nitrogen and oxygen atoms in total. The first kappa shape index (κ1) is 7.46. The van der Waals surface area contributed by atoms with Gasteiger partial charge in [-0.05, 0) is 0 Å². The van der Waals surface area contributed by atoms with Crippen molar-refractivity contribution in [3.05, 3.63) is 18.1 Å². The summed E-state index contributed by atoms with van der Waals surface area (Å²) >= 11 is 0. The predicted octanol–water partition coefficient (Wildman–Crippen LogP) is -0.0200. The summed E-state index contributed by atoms with van der Waals surface area (Å²) in [6.45, 7) is 0. The number of aromatic nitrogens is 2. The van der Waals surface area contributed by atoms with Crippen molar-refractivity contribution in [1.29, 1.82) is 0 Å². The fourth-order valence-electron chi connectivity index (χ4n) is 0.586. The van der Waals surface area contributed by atoms with E-state index in [9.17, 15) is 9.90 Å². The Bertz CT molecular complexity index is 274. The van der Waals surface area contributed by atoms with E-state index in [1.165, 1.54) is 13.2 Å². The zero-order valence-corrected chi connectivity index (χ0v) is 5.87. The molecule has 1 radical (unpaired) electrons. The molecule has 1 aromatic rings. The van der Waals surface area contributed by atoms with Crippen LogP contribution in [0.25, 0.3) is 0 Å². The molecule has 0 aromatic carbocycles. The van der Waals surface area contributed by atoms with Gasteiger partial charge in [0.15, 0.2) is 5.69 Å². The molecule has 0 unspecified atom stereocenters. The first-order valence-corrected chi connectivity index (χ1v) is 2.95. The average Bonchev–Trinajstić information content (AvgIpc) is 2.03. The van der Waals surface area contributed by atoms with E-state index in [1.807, 2.05) is 0 Å². The lowest BCUT2D eigenvalue weighted by molar-refractivity contribution is 0.0956. The lowest BCUT2D eigenvalue weighted by Crippen LogP contribution is -2.19. The highest BCUT2D eigenvalue weighted by Gasteiger charge is 2.05. The van der Waals surface area contributed by atoms with Gasteiger partial charge in [0.1, 0.15) is 0 Å². The van der Waals surface area contributed by atoms with E-state index in [1.54, 1.807) is 0 Å². The third-order valence-corrected chi connectivity index (χ3v) is 1.07. The minimum atomic E-state index is -0.508. The fraction of sp³-hybridized carbons (Fsp3) is 0.167. The Hall–Kier alpha value is -1.65. The monoisotopic (exact) mass is 152 g/mol. The van der Waals surface area contributed by atoms with E-state index in [0.717, 1.165) is 6.20 Å². The molecule has 1 aromatic heterocycles. The zero-order chi connectivity index (χ0) is 8.27. The van der Waals surface area contributed by atoms with Crippen LogP contribution in [0.1, 0.15) is 10.5 Å². The number of amides is 1. The summed E-state index contributed by atoms with van der Waals surface area (Å²) < 4.78 is 0. The van der Waals surface area contributed by atoms with Crippen LogP contribution >= 0.6 is 0 Å². The Kier molecular flexibility index (Phi) is 2.00. The molecule has 0 atom stereocenters. The van der Waals surface area contributed by atoms with Crippen LogP contribution in [0, 0.1) is 0 Å². The van der Waals surface area contributed by atoms with E-state index in [0.29, 0.717) is 0 Å². The number of carbonyl (C=O) groups is 1. The smallest absolute Gasteiger partial charge is 0.288 e. The van der Waals surface area contributed by atoms with Gasteiger partial charge in [-0.3, -0.25) is 14.9 Å². The summed E-state index contributed by atoms with van der Waals surface area (Å²) in [7, 11) is 1.46. The summed E-state index contributed by atoms with van der Waals surface area (Å²) in [5.41, 5.74) is 0.0417. The first-order valence-electron chi connectivity index (χ1n) is 2.95. The van der Waals surface area contributed by atoms with Crippen molar-refractivity contribution in [2.75, 3.05) is 7.05 Å². The Morgan fingerprint density at radius 1 is 1.55 bits per heavy atom. The number of hydrogen-bond donors (Lipinski definition) is 1. The van der Waals surface area contributed by atoms with E-state index >= 15 is 0 Å². The quantitative estimate of drug-likeness (QED) is 0.614. The Labute approximate surface area is 63.1 Å². The maximum Gasteiger partial charge on any atom is 0.288 e. The van der Waals surface area contributed by atoms with Gasteiger partial charge < -0.3 is 5.32 Å². The molecule has 0 spiro atoms. The fourth-order valence-corrected chi connectivity index (χ4v) is 0.586. The molecule has 0 saturated carbocycles. The van der Waals surface area contributed by atoms with Crippen molar-refractivity contribution in [3.8, 4) is 5.88 Å². The molecule has 0 saturated heterocycles. The largest absolute Gasteiger partial charge is 0.354 e. The van der Waals surface area contributed by atoms with Crippen molar-refractivity contribution in [1.82, 2.24) is 15.3 Å². The number of carbonyl (C=O) groups excluding carboxylic acids is 1. The second-order valence-electron chi connectivity index (χ2n) is 1.82. The van der Waals surface area contributed by atoms with Crippen LogP contribution in [0.5, 0.6) is 5.88 Å². The van der Waals surface area contributed by atoms with Gasteiger partial charge >= 0.3 is 0 Å². The second-order valence-corrected chi connectivity index (χ2v) is 1.82. The summed E-state index contributed by atoms with van der Waals surface area (Å²) in [5.74, 6) is -0.915. The van der Waals surface area contributed by atoms with Crippen LogP contribution in [0.15, 0.2) is 12.4 Å². The summed E-state index contributed by atoms with van der Waals surface area (Å²) in [5, 5.41) is 12.9. The van der Waals surface area contributed by atoms with Gasteiger partial charge in [0, 0.05) is 7.05 Å². The molecule has 0 aliphatic rings. The van der Waals surface area contributed by atoms with Gasteiger partial charge in [-0.15, -0.1) is 0 Å². The van der Waals surface area contributed by atoms with Gasteiger partial charge in [-0.25, -0.2) is 4.98 Å². The van der Waals surface area contributed by atoms with E-state index in [4.69, 9.17) is 0 Å². The molecule has 5 heteroatoms. The highest BCUT2D eigenvalue weighted by atomic mass is 16.3. The van der Waals surface area contributed by atoms with Crippen LogP contribution in [-0.4, -0.2) is 22.9 Å². The third-order valence-electron chi connectivity index (χ3n) is 1.07. The molecular weight excluding hydrogens is 146 g/mol. The SMILES string of the molecule is CNC(=O)c1cncc([O])n1. The highest BCUT2D eigenvalue weighted by molar-refractivity contribution is 5.91. The van der Waals surface area contributed by atoms with Gasteiger partial charge in [0.25, 0.3) is 11.8 Å². The van der Waals surface area contributed by atoms with Gasteiger partial charge in [0.05, 0.1) is 12.4 Å². The molecule has 0 aliphatic carbocycles. The molecule has 0 fully saturated rings. The molecular formula is C6H6N3O2. The maximum atomic E-state index is 10.8. The summed E-state index contributed by atoms with van der Waals surface area (Å²) in [6, 6.07) is 0. The van der Waals surface area contributed by atoms with Gasteiger partial charge in [-0.2, -0.15) is 0 Å². The summed E-state index contributed by atoms with van der Waals surface area (Å²) in [6.07, 6.45) is 2.28. The van der Waals surface area contributed by atoms with Crippen LogP contribution in [0.3, 0.4) is 0 Å². The Morgan fingerprint density at radius 2 is 2.27 bits per heavy atom. The van der Waals surface area contributed by atoms with Crippen molar-refractivity contribution in [2.45, 2.75) is 0 Å². The number of rotatable bonds is 1. The van der Waals surface area contributed by atoms with Crippen molar-refractivity contribution in [3.63, 3.8) is 0 Å². The second kappa shape index (κ2) is 2.96. The van der Waals surface area contributed by atoms with Crippen molar-refractivity contribution < 1.29 is 9.90 Å². The first-order chi connectivity index (χ1) is 5.24. The lowest BCUT2D eigenvalue weighted by Gasteiger charge is -1.95. The molecule has 1 heterocycles. The molecule has 1 N–H and O–H groups in total. The molecule has 57 valence electrons. The molecule has 11 heavy (non-hydrogen) atoms. The highest BCUT2D eigenvalue weighted by Crippen LogP contribution is 2.01. The van der Waals surface area contributed by atoms with Crippen LogP contribution in [0.2, 0.25) is 0 Å². The van der Waals surface area contributed by atoms with Crippen LogP contribution < -0.4 is 5.32 Å². The summed E-state index contributed by atoms with van der Waals surface area (Å²) in [4.78, 5) is 17.7. The van der Waals surface area contributed by atoms with Crippen molar-refractivity contribution in [2.24, 2.45) is 0 Å². The lowest BCUT2D eigenvalue weighted by atomic mass is 10.4. The van der Waals surface area contributed by atoms with E-state index in [2.05, 4.69) is 15.3 Å². The number of nitrogens with zero attached hydrogens (tertiary/aromatic N) is 2. The topological polar surface area (TPSA) is 74.8 Å². The third kappa shape index (κ3) is 1.64. The molecule has 1 amide bonds. The Balaban J connectivity index is 2.96. The average molecular weight is 152 g/mol. The van der Waals surface area contributed by atoms with Crippen molar-refractivity contribution >= 4 is 5.91 Å². The standard InChI is InChI=1S/C6H6N3O2/c1-7-6(11)4-2-8-3-5(10)9-4/h2-3H,1H3,(H,7,11). The number of nitrogens with one attached hydrogen (secondary N) is 1. The normalized spacial score (nSPS) is 9.18. The van der Waals surface area contributed by atoms with E-state index in [-0.39, 0.29) is 5.69 Å². The predicted molar refractivity (Wildman–Crippen MR) is 35.6 cm³/mol. The molecule has 1 rings (SSSR count).